The third kappa shape index (κ3) is 2.57. The molecular formula is C15H15F3N2. The van der Waals surface area contributed by atoms with E-state index >= 15 is 0 Å². The normalized spacial score (nSPS) is 15.2. The van der Waals surface area contributed by atoms with Crippen LogP contribution in [0.3, 0.4) is 0 Å². The zero-order chi connectivity index (χ0) is 14.2. The molecule has 20 heavy (non-hydrogen) atoms. The molecule has 0 unspecified atom stereocenters. The number of nitrogens with zero attached hydrogens (tertiary/aromatic N) is 2. The minimum absolute atomic E-state index is 0.581. The van der Waals surface area contributed by atoms with Crippen molar-refractivity contribution in [1.29, 1.82) is 0 Å². The maximum Gasteiger partial charge on any atom is 0.416 e. The molecule has 1 aliphatic rings. The van der Waals surface area contributed by atoms with Crippen LogP contribution < -0.4 is 0 Å². The van der Waals surface area contributed by atoms with E-state index in [1.165, 1.54) is 24.2 Å². The molecule has 0 fully saturated rings. The van der Waals surface area contributed by atoms with Gasteiger partial charge in [-0.1, -0.05) is 12.1 Å². The number of aromatic nitrogens is 2. The van der Waals surface area contributed by atoms with Gasteiger partial charge in [-0.2, -0.15) is 13.2 Å². The maximum atomic E-state index is 12.5. The summed E-state index contributed by atoms with van der Waals surface area (Å²) in [5.74, 6) is 0.944. The van der Waals surface area contributed by atoms with Crippen molar-refractivity contribution in [3.05, 3.63) is 53.1 Å². The first-order valence-electron chi connectivity index (χ1n) is 6.73. The number of alkyl halides is 3. The van der Waals surface area contributed by atoms with Crippen LogP contribution in [0.1, 0.15) is 35.5 Å². The fraction of sp³-hybridized carbons (Fsp3) is 0.400. The first kappa shape index (κ1) is 13.2. The van der Waals surface area contributed by atoms with Crippen molar-refractivity contribution in [2.24, 2.45) is 0 Å². The Morgan fingerprint density at radius 2 is 1.85 bits per heavy atom. The molecule has 1 aromatic heterocycles. The minimum atomic E-state index is -4.27. The first-order chi connectivity index (χ1) is 9.54. The lowest BCUT2D eigenvalue weighted by Crippen LogP contribution is -2.13. The first-order valence-corrected chi connectivity index (χ1v) is 6.73. The monoisotopic (exact) mass is 280 g/mol. The molecule has 0 atom stereocenters. The zero-order valence-electron chi connectivity index (χ0n) is 11.0. The van der Waals surface area contributed by atoms with Crippen molar-refractivity contribution >= 4 is 0 Å². The highest BCUT2D eigenvalue weighted by Gasteiger charge is 2.29. The Kier molecular flexibility index (Phi) is 3.28. The molecule has 0 aliphatic carbocycles. The zero-order valence-corrected chi connectivity index (χ0v) is 11.0. The number of rotatable bonds is 2. The molecule has 2 nitrogen and oxygen atoms in total. The third-order valence-electron chi connectivity index (χ3n) is 3.73. The number of hydrogen-bond donors (Lipinski definition) is 0. The van der Waals surface area contributed by atoms with E-state index in [1.54, 1.807) is 0 Å². The Morgan fingerprint density at radius 3 is 2.55 bits per heavy atom. The van der Waals surface area contributed by atoms with E-state index in [2.05, 4.69) is 9.55 Å². The van der Waals surface area contributed by atoms with E-state index in [-0.39, 0.29) is 0 Å². The predicted molar refractivity (Wildman–Crippen MR) is 69.4 cm³/mol. The molecule has 0 spiro atoms. The van der Waals surface area contributed by atoms with Crippen molar-refractivity contribution in [1.82, 2.24) is 9.55 Å². The summed E-state index contributed by atoms with van der Waals surface area (Å²) >= 11 is 0. The molecule has 2 aromatic rings. The van der Waals surface area contributed by atoms with Gasteiger partial charge in [-0.25, -0.2) is 4.98 Å². The van der Waals surface area contributed by atoms with Gasteiger partial charge in [0.25, 0.3) is 0 Å². The number of imidazole rings is 1. The summed E-state index contributed by atoms with van der Waals surface area (Å²) in [4.78, 5) is 4.41. The molecule has 5 heteroatoms. The van der Waals surface area contributed by atoms with Crippen LogP contribution >= 0.6 is 0 Å². The van der Waals surface area contributed by atoms with Crippen LogP contribution in [-0.2, 0) is 25.6 Å². The lowest BCUT2D eigenvalue weighted by Gasteiger charge is -2.16. The lowest BCUT2D eigenvalue weighted by atomic mass is 10.1. The Bertz CT molecular complexity index is 597. The van der Waals surface area contributed by atoms with Gasteiger partial charge in [0.2, 0.25) is 0 Å². The SMILES string of the molecule is FC(F)(F)c1ccc(Cc2ncc3n2CCCC3)cc1. The number of benzene rings is 1. The van der Waals surface area contributed by atoms with Crippen LogP contribution in [0, 0.1) is 0 Å². The smallest absolute Gasteiger partial charge is 0.332 e. The Balaban J connectivity index is 1.80. The topological polar surface area (TPSA) is 17.8 Å². The second-order valence-corrected chi connectivity index (χ2v) is 5.15. The fourth-order valence-corrected chi connectivity index (χ4v) is 2.64. The summed E-state index contributed by atoms with van der Waals surface area (Å²) in [7, 11) is 0. The van der Waals surface area contributed by atoms with Crippen molar-refractivity contribution in [3.63, 3.8) is 0 Å². The summed E-state index contributed by atoms with van der Waals surface area (Å²) in [6, 6.07) is 5.34. The standard InChI is InChI=1S/C15H15F3N2/c16-15(17,18)12-6-4-11(5-7-12)9-14-19-10-13-3-1-2-8-20(13)14/h4-7,10H,1-3,8-9H2. The molecule has 0 N–H and O–H groups in total. The quantitative estimate of drug-likeness (QED) is 0.817. The van der Waals surface area contributed by atoms with Gasteiger partial charge >= 0.3 is 6.18 Å². The average Bonchev–Trinajstić information content (AvgIpc) is 2.82. The summed E-state index contributed by atoms with van der Waals surface area (Å²) in [6.07, 6.45) is 1.57. The highest BCUT2D eigenvalue weighted by atomic mass is 19.4. The fourth-order valence-electron chi connectivity index (χ4n) is 2.64. The molecule has 106 valence electrons. The third-order valence-corrected chi connectivity index (χ3v) is 3.73. The van der Waals surface area contributed by atoms with E-state index < -0.39 is 11.7 Å². The van der Waals surface area contributed by atoms with Crippen molar-refractivity contribution in [2.75, 3.05) is 0 Å². The maximum absolute atomic E-state index is 12.5. The summed E-state index contributed by atoms with van der Waals surface area (Å²) < 4.78 is 39.7. The van der Waals surface area contributed by atoms with Gasteiger partial charge in [-0.3, -0.25) is 0 Å². The highest BCUT2D eigenvalue weighted by molar-refractivity contribution is 5.27. The lowest BCUT2D eigenvalue weighted by molar-refractivity contribution is -0.137. The van der Waals surface area contributed by atoms with Gasteiger partial charge in [-0.05, 0) is 37.0 Å². The molecule has 0 saturated heterocycles. The Hall–Kier alpha value is -1.78. The van der Waals surface area contributed by atoms with Gasteiger partial charge in [0.05, 0.1) is 5.56 Å². The van der Waals surface area contributed by atoms with E-state index in [0.717, 1.165) is 42.9 Å². The van der Waals surface area contributed by atoms with Gasteiger partial charge in [0, 0.05) is 24.9 Å². The van der Waals surface area contributed by atoms with Gasteiger partial charge in [0.15, 0.2) is 0 Å². The number of halogens is 3. The summed E-state index contributed by atoms with van der Waals surface area (Å²) in [6.45, 7) is 0.964. The van der Waals surface area contributed by atoms with E-state index in [1.807, 2.05) is 6.20 Å². The second kappa shape index (κ2) is 4.96. The predicted octanol–water partition coefficient (Wildman–Crippen LogP) is 3.83. The van der Waals surface area contributed by atoms with Crippen LogP contribution in [0.15, 0.2) is 30.5 Å². The van der Waals surface area contributed by atoms with Crippen LogP contribution in [0.5, 0.6) is 0 Å². The van der Waals surface area contributed by atoms with Crippen LogP contribution in [0.25, 0.3) is 0 Å². The highest BCUT2D eigenvalue weighted by Crippen LogP contribution is 2.29. The molecule has 0 saturated carbocycles. The molecule has 0 amide bonds. The van der Waals surface area contributed by atoms with Crippen LogP contribution in [0.2, 0.25) is 0 Å². The Labute approximate surface area is 115 Å². The number of hydrogen-bond acceptors (Lipinski definition) is 1. The number of aryl methyl sites for hydroxylation is 1. The molecular weight excluding hydrogens is 265 g/mol. The van der Waals surface area contributed by atoms with Gasteiger partial charge in [0.1, 0.15) is 5.82 Å². The van der Waals surface area contributed by atoms with Crippen LogP contribution in [-0.4, -0.2) is 9.55 Å². The Morgan fingerprint density at radius 1 is 1.10 bits per heavy atom. The minimum Gasteiger partial charge on any atom is -0.332 e. The second-order valence-electron chi connectivity index (χ2n) is 5.15. The molecule has 0 bridgehead atoms. The molecule has 3 rings (SSSR count). The summed E-state index contributed by atoms with van der Waals surface area (Å²) in [5.41, 5.74) is 1.49. The van der Waals surface area contributed by atoms with Gasteiger partial charge in [-0.15, -0.1) is 0 Å². The largest absolute Gasteiger partial charge is 0.416 e. The molecule has 0 radical (unpaired) electrons. The van der Waals surface area contributed by atoms with E-state index in [4.69, 9.17) is 0 Å². The van der Waals surface area contributed by atoms with E-state index in [9.17, 15) is 13.2 Å². The van der Waals surface area contributed by atoms with E-state index in [0.29, 0.717) is 6.42 Å². The molecule has 1 aromatic carbocycles. The van der Waals surface area contributed by atoms with Crippen molar-refractivity contribution in [2.45, 2.75) is 38.4 Å². The van der Waals surface area contributed by atoms with Gasteiger partial charge < -0.3 is 4.57 Å². The van der Waals surface area contributed by atoms with Crippen LogP contribution in [0.4, 0.5) is 13.2 Å². The molecule has 1 aliphatic heterocycles. The number of fused-ring (bicyclic) bond motifs is 1. The molecule has 2 heterocycles. The summed E-state index contributed by atoms with van der Waals surface area (Å²) in [5, 5.41) is 0. The van der Waals surface area contributed by atoms with Crippen molar-refractivity contribution in [3.8, 4) is 0 Å². The van der Waals surface area contributed by atoms with Crippen molar-refractivity contribution < 1.29 is 13.2 Å². The average molecular weight is 280 g/mol.